The molecule has 13 heavy (non-hydrogen) atoms. The van der Waals surface area contributed by atoms with Crippen LogP contribution in [0.3, 0.4) is 0 Å². The number of hydrogen-bond acceptors (Lipinski definition) is 2. The van der Waals surface area contributed by atoms with Crippen LogP contribution in [0.2, 0.25) is 0 Å². The fourth-order valence-corrected chi connectivity index (χ4v) is 0.981. The molecule has 0 aliphatic heterocycles. The van der Waals surface area contributed by atoms with Crippen LogP contribution in [0.25, 0.3) is 0 Å². The van der Waals surface area contributed by atoms with Gasteiger partial charge in [-0.15, -0.1) is 11.6 Å². The lowest BCUT2D eigenvalue weighted by molar-refractivity contribution is 0.140. The zero-order valence-electron chi connectivity index (χ0n) is 6.27. The van der Waals surface area contributed by atoms with Crippen molar-refractivity contribution in [2.24, 2.45) is 0 Å². The van der Waals surface area contributed by atoms with Crippen LogP contribution in [-0.4, -0.2) is 10.1 Å². The lowest BCUT2D eigenvalue weighted by Crippen LogP contribution is -1.99. The van der Waals surface area contributed by atoms with E-state index in [0.717, 1.165) is 0 Å². The number of aromatic hydroxyl groups is 1. The molecule has 0 unspecified atom stereocenters. The maximum absolute atomic E-state index is 12.7. The van der Waals surface area contributed by atoms with Gasteiger partial charge in [-0.2, -0.15) is 0 Å². The average Bonchev–Trinajstić information content (AvgIpc) is 2.03. The summed E-state index contributed by atoms with van der Waals surface area (Å²) < 4.78 is 36.8. The third-order valence-electron chi connectivity index (χ3n) is 1.39. The van der Waals surface area contributed by atoms with E-state index in [9.17, 15) is 13.2 Å². The highest BCUT2D eigenvalue weighted by atomic mass is 35.5. The number of aromatic nitrogens is 1. The molecule has 0 atom stereocenters. The summed E-state index contributed by atoms with van der Waals surface area (Å²) in [5, 5.41) is 8.97. The van der Waals surface area contributed by atoms with Crippen molar-refractivity contribution in [1.29, 1.82) is 0 Å². The normalized spacial score (nSPS) is 10.8. The van der Waals surface area contributed by atoms with Gasteiger partial charge >= 0.3 is 0 Å². The number of rotatable bonds is 2. The number of pyridine rings is 1. The summed E-state index contributed by atoms with van der Waals surface area (Å²) in [5.74, 6) is -2.00. The molecule has 1 aromatic heterocycles. The molecule has 0 amide bonds. The van der Waals surface area contributed by atoms with Crippen molar-refractivity contribution in [3.63, 3.8) is 0 Å². The zero-order chi connectivity index (χ0) is 10.0. The van der Waals surface area contributed by atoms with Crippen LogP contribution in [0.5, 0.6) is 5.75 Å². The highest BCUT2D eigenvalue weighted by Gasteiger charge is 2.18. The minimum Gasteiger partial charge on any atom is -0.506 e. The number of nitrogens with zero attached hydrogens (tertiary/aromatic N) is 1. The van der Waals surface area contributed by atoms with Crippen molar-refractivity contribution >= 4 is 11.6 Å². The third-order valence-corrected chi connectivity index (χ3v) is 1.65. The quantitative estimate of drug-likeness (QED) is 0.763. The maximum atomic E-state index is 12.7. The van der Waals surface area contributed by atoms with Gasteiger partial charge in [-0.05, 0) is 0 Å². The van der Waals surface area contributed by atoms with E-state index in [4.69, 9.17) is 16.7 Å². The van der Waals surface area contributed by atoms with Crippen LogP contribution in [0.4, 0.5) is 13.2 Å². The molecule has 0 aliphatic carbocycles. The first-order chi connectivity index (χ1) is 6.06. The fraction of sp³-hybridized carbons (Fsp3) is 0.286. The zero-order valence-corrected chi connectivity index (χ0v) is 7.02. The monoisotopic (exact) mass is 211 g/mol. The van der Waals surface area contributed by atoms with E-state index in [1.807, 2.05) is 0 Å². The minimum absolute atomic E-state index is 0.154. The first-order valence-electron chi connectivity index (χ1n) is 3.28. The molecule has 0 aliphatic rings. The Kier molecular flexibility index (Phi) is 2.98. The Bertz CT molecular complexity index is 319. The summed E-state index contributed by atoms with van der Waals surface area (Å²) in [7, 11) is 0. The van der Waals surface area contributed by atoms with Gasteiger partial charge in [-0.3, -0.25) is 0 Å². The van der Waals surface area contributed by atoms with Crippen molar-refractivity contribution in [2.45, 2.75) is 12.3 Å². The van der Waals surface area contributed by atoms with Gasteiger partial charge in [0.15, 0.2) is 5.82 Å². The Morgan fingerprint density at radius 2 is 2.15 bits per heavy atom. The van der Waals surface area contributed by atoms with E-state index in [2.05, 4.69) is 4.98 Å². The highest BCUT2D eigenvalue weighted by molar-refractivity contribution is 6.17. The van der Waals surface area contributed by atoms with Crippen molar-refractivity contribution in [3.05, 3.63) is 23.3 Å². The van der Waals surface area contributed by atoms with Gasteiger partial charge in [0.05, 0.1) is 11.6 Å². The second kappa shape index (κ2) is 3.83. The van der Waals surface area contributed by atoms with Gasteiger partial charge in [0, 0.05) is 6.07 Å². The second-order valence-electron chi connectivity index (χ2n) is 2.26. The van der Waals surface area contributed by atoms with Crippen molar-refractivity contribution in [2.75, 3.05) is 0 Å². The van der Waals surface area contributed by atoms with E-state index in [1.54, 1.807) is 0 Å². The standard InChI is InChI=1S/C7H5ClF3NO/c8-2-4-5(13)1-3(9)6(12-4)7(10)11/h1,7,13H,2H2. The molecule has 1 heterocycles. The molecule has 1 aromatic rings. The number of halogens is 4. The predicted molar refractivity (Wildman–Crippen MR) is 40.4 cm³/mol. The van der Waals surface area contributed by atoms with Crippen LogP contribution in [0.1, 0.15) is 17.8 Å². The molecule has 0 bridgehead atoms. The second-order valence-corrected chi connectivity index (χ2v) is 2.52. The van der Waals surface area contributed by atoms with Gasteiger partial charge < -0.3 is 5.11 Å². The molecule has 1 N–H and O–H groups in total. The summed E-state index contributed by atoms with van der Waals surface area (Å²) in [6.07, 6.45) is -3.01. The molecular formula is C7H5ClF3NO. The van der Waals surface area contributed by atoms with Gasteiger partial charge in [0.2, 0.25) is 0 Å². The number of alkyl halides is 3. The Morgan fingerprint density at radius 3 is 2.62 bits per heavy atom. The van der Waals surface area contributed by atoms with E-state index in [1.165, 1.54) is 0 Å². The first-order valence-corrected chi connectivity index (χ1v) is 3.82. The SMILES string of the molecule is Oc1cc(F)c(C(F)F)nc1CCl. The van der Waals surface area contributed by atoms with Gasteiger partial charge in [0.25, 0.3) is 6.43 Å². The van der Waals surface area contributed by atoms with Crippen molar-refractivity contribution in [1.82, 2.24) is 4.98 Å². The topological polar surface area (TPSA) is 33.1 Å². The molecule has 0 saturated heterocycles. The summed E-state index contributed by atoms with van der Waals surface area (Å²) in [4.78, 5) is 3.18. The first kappa shape index (κ1) is 10.1. The summed E-state index contributed by atoms with van der Waals surface area (Å²) >= 11 is 5.27. The van der Waals surface area contributed by atoms with Crippen molar-refractivity contribution in [3.8, 4) is 5.75 Å². The molecule has 1 rings (SSSR count). The van der Waals surface area contributed by atoms with Gasteiger partial charge in [0.1, 0.15) is 11.4 Å². The smallest absolute Gasteiger partial charge is 0.283 e. The fourth-order valence-electron chi connectivity index (χ4n) is 0.785. The molecule has 0 aromatic carbocycles. The molecule has 6 heteroatoms. The Hall–Kier alpha value is -0.970. The Labute approximate surface area is 77.0 Å². The largest absolute Gasteiger partial charge is 0.506 e. The Morgan fingerprint density at radius 1 is 1.54 bits per heavy atom. The molecular weight excluding hydrogens is 207 g/mol. The lowest BCUT2D eigenvalue weighted by Gasteiger charge is -2.04. The molecule has 2 nitrogen and oxygen atoms in total. The highest BCUT2D eigenvalue weighted by Crippen LogP contribution is 2.25. The maximum Gasteiger partial charge on any atom is 0.283 e. The van der Waals surface area contributed by atoms with Crippen LogP contribution >= 0.6 is 11.6 Å². The molecule has 0 radical (unpaired) electrons. The van der Waals surface area contributed by atoms with E-state index < -0.39 is 23.7 Å². The minimum atomic E-state index is -3.01. The number of hydrogen-bond donors (Lipinski definition) is 1. The molecule has 0 saturated carbocycles. The van der Waals surface area contributed by atoms with Crippen LogP contribution in [0, 0.1) is 5.82 Å². The van der Waals surface area contributed by atoms with E-state index in [0.29, 0.717) is 6.07 Å². The van der Waals surface area contributed by atoms with E-state index in [-0.39, 0.29) is 11.6 Å². The summed E-state index contributed by atoms with van der Waals surface area (Å²) in [5.41, 5.74) is -1.15. The third kappa shape index (κ3) is 2.03. The van der Waals surface area contributed by atoms with Gasteiger partial charge in [-0.25, -0.2) is 18.2 Å². The molecule has 0 spiro atoms. The van der Waals surface area contributed by atoms with Gasteiger partial charge in [-0.1, -0.05) is 0 Å². The van der Waals surface area contributed by atoms with Crippen LogP contribution < -0.4 is 0 Å². The average molecular weight is 212 g/mol. The molecule has 0 fully saturated rings. The lowest BCUT2D eigenvalue weighted by atomic mass is 10.3. The van der Waals surface area contributed by atoms with Crippen LogP contribution in [-0.2, 0) is 5.88 Å². The predicted octanol–water partition coefficient (Wildman–Crippen LogP) is 2.60. The van der Waals surface area contributed by atoms with E-state index >= 15 is 0 Å². The summed E-state index contributed by atoms with van der Waals surface area (Å²) in [6, 6.07) is 0.576. The van der Waals surface area contributed by atoms with Crippen molar-refractivity contribution < 1.29 is 18.3 Å². The van der Waals surface area contributed by atoms with Crippen LogP contribution in [0.15, 0.2) is 6.07 Å². The molecule has 72 valence electrons. The Balaban J connectivity index is 3.22. The summed E-state index contributed by atoms with van der Waals surface area (Å²) in [6.45, 7) is 0.